The van der Waals surface area contributed by atoms with Crippen molar-refractivity contribution in [3.05, 3.63) is 40.5 Å². The first kappa shape index (κ1) is 16.3. The highest BCUT2D eigenvalue weighted by molar-refractivity contribution is 6.30. The molecule has 0 saturated heterocycles. The minimum Gasteiger partial charge on any atom is -0.335 e. The lowest BCUT2D eigenvalue weighted by atomic mass is 10.1. The van der Waals surface area contributed by atoms with E-state index in [1.165, 1.54) is 12.8 Å². The predicted molar refractivity (Wildman–Crippen MR) is 94.6 cm³/mol. The van der Waals surface area contributed by atoms with Crippen molar-refractivity contribution >= 4 is 28.4 Å². The first-order valence-electron chi connectivity index (χ1n) is 8.44. The van der Waals surface area contributed by atoms with Gasteiger partial charge in [0, 0.05) is 30.0 Å². The second-order valence-electron chi connectivity index (χ2n) is 6.40. The number of carbonyl (C=O) groups is 1. The lowest BCUT2D eigenvalue weighted by Crippen LogP contribution is -2.38. The Kier molecular flexibility index (Phi) is 4.86. The van der Waals surface area contributed by atoms with Gasteiger partial charge in [-0.3, -0.25) is 4.79 Å². The molecule has 2 aromatic rings. The van der Waals surface area contributed by atoms with E-state index >= 15 is 0 Å². The number of pyridine rings is 1. The summed E-state index contributed by atoms with van der Waals surface area (Å²) in [4.78, 5) is 19.0. The Morgan fingerprint density at radius 3 is 2.78 bits per heavy atom. The number of para-hydroxylation sites is 1. The van der Waals surface area contributed by atoms with Gasteiger partial charge >= 0.3 is 0 Å². The second kappa shape index (κ2) is 6.88. The van der Waals surface area contributed by atoms with Crippen LogP contribution in [0.3, 0.4) is 0 Å². The molecule has 1 aliphatic carbocycles. The molecule has 0 bridgehead atoms. The van der Waals surface area contributed by atoms with Crippen LogP contribution in [0.25, 0.3) is 10.9 Å². The number of benzene rings is 1. The SMILES string of the molecule is CCC(=O)N(Cc1cc2cccc(C)c2nc1Cl)C1CCCC1. The highest BCUT2D eigenvalue weighted by Gasteiger charge is 2.26. The fourth-order valence-electron chi connectivity index (χ4n) is 3.50. The Hall–Kier alpha value is -1.61. The van der Waals surface area contributed by atoms with Crippen molar-refractivity contribution in [2.24, 2.45) is 0 Å². The third-order valence-corrected chi connectivity index (χ3v) is 5.13. The van der Waals surface area contributed by atoms with Crippen molar-refractivity contribution in [3.8, 4) is 0 Å². The van der Waals surface area contributed by atoms with Crippen molar-refractivity contribution in [1.82, 2.24) is 9.88 Å². The number of fused-ring (bicyclic) bond motifs is 1. The minimum absolute atomic E-state index is 0.206. The van der Waals surface area contributed by atoms with E-state index in [0.29, 0.717) is 24.2 Å². The Labute approximate surface area is 142 Å². The quantitative estimate of drug-likeness (QED) is 0.749. The van der Waals surface area contributed by atoms with Crippen LogP contribution in [0.4, 0.5) is 0 Å². The third-order valence-electron chi connectivity index (χ3n) is 4.80. The maximum atomic E-state index is 12.4. The zero-order valence-corrected chi connectivity index (χ0v) is 14.6. The topological polar surface area (TPSA) is 33.2 Å². The molecular formula is C19H23ClN2O. The van der Waals surface area contributed by atoms with Crippen LogP contribution in [-0.2, 0) is 11.3 Å². The van der Waals surface area contributed by atoms with E-state index < -0.39 is 0 Å². The van der Waals surface area contributed by atoms with Crippen molar-refractivity contribution in [2.45, 2.75) is 58.5 Å². The number of carbonyl (C=O) groups excluding carboxylic acids is 1. The number of halogens is 1. The number of amides is 1. The lowest BCUT2D eigenvalue weighted by Gasteiger charge is -2.29. The van der Waals surface area contributed by atoms with E-state index in [1.807, 2.05) is 30.9 Å². The molecule has 122 valence electrons. The van der Waals surface area contributed by atoms with Crippen LogP contribution in [0.5, 0.6) is 0 Å². The molecular weight excluding hydrogens is 308 g/mol. The number of hydrogen-bond donors (Lipinski definition) is 0. The minimum atomic E-state index is 0.206. The van der Waals surface area contributed by atoms with Crippen LogP contribution < -0.4 is 0 Å². The van der Waals surface area contributed by atoms with Crippen LogP contribution in [-0.4, -0.2) is 21.8 Å². The van der Waals surface area contributed by atoms with E-state index in [1.54, 1.807) is 0 Å². The van der Waals surface area contributed by atoms with Crippen LogP contribution in [0.2, 0.25) is 5.15 Å². The van der Waals surface area contributed by atoms with E-state index in [9.17, 15) is 4.79 Å². The summed E-state index contributed by atoms with van der Waals surface area (Å²) in [6, 6.07) is 8.56. The van der Waals surface area contributed by atoms with Crippen molar-refractivity contribution < 1.29 is 4.79 Å². The molecule has 3 nitrogen and oxygen atoms in total. The summed E-state index contributed by atoms with van der Waals surface area (Å²) >= 11 is 6.42. The molecule has 0 unspecified atom stereocenters. The molecule has 1 heterocycles. The zero-order valence-electron chi connectivity index (χ0n) is 13.8. The lowest BCUT2D eigenvalue weighted by molar-refractivity contribution is -0.133. The van der Waals surface area contributed by atoms with Gasteiger partial charge in [-0.2, -0.15) is 0 Å². The molecule has 23 heavy (non-hydrogen) atoms. The maximum absolute atomic E-state index is 12.4. The molecule has 0 radical (unpaired) electrons. The fourth-order valence-corrected chi connectivity index (χ4v) is 3.70. The Morgan fingerprint density at radius 2 is 2.09 bits per heavy atom. The van der Waals surface area contributed by atoms with Gasteiger partial charge in [0.25, 0.3) is 0 Å². The maximum Gasteiger partial charge on any atom is 0.222 e. The summed E-state index contributed by atoms with van der Waals surface area (Å²) < 4.78 is 0. The Morgan fingerprint density at radius 1 is 1.35 bits per heavy atom. The molecule has 3 rings (SSSR count). The first-order valence-corrected chi connectivity index (χ1v) is 8.82. The molecule has 0 spiro atoms. The van der Waals surface area contributed by atoms with Crippen LogP contribution >= 0.6 is 11.6 Å². The summed E-state index contributed by atoms with van der Waals surface area (Å²) in [5.74, 6) is 0.206. The Bertz CT molecular complexity index is 723. The van der Waals surface area contributed by atoms with Gasteiger partial charge in [-0.15, -0.1) is 0 Å². The molecule has 1 aromatic heterocycles. The van der Waals surface area contributed by atoms with Gasteiger partial charge in [-0.1, -0.05) is 49.6 Å². The molecule has 0 atom stereocenters. The van der Waals surface area contributed by atoms with E-state index in [4.69, 9.17) is 11.6 Å². The second-order valence-corrected chi connectivity index (χ2v) is 6.76. The highest BCUT2D eigenvalue weighted by atomic mass is 35.5. The number of rotatable bonds is 4. The van der Waals surface area contributed by atoms with E-state index in [0.717, 1.165) is 34.9 Å². The number of nitrogens with zero attached hydrogens (tertiary/aromatic N) is 2. The van der Waals surface area contributed by atoms with Gasteiger partial charge in [0.1, 0.15) is 5.15 Å². The smallest absolute Gasteiger partial charge is 0.222 e. The fraction of sp³-hybridized carbons (Fsp3) is 0.474. The average molecular weight is 331 g/mol. The number of hydrogen-bond acceptors (Lipinski definition) is 2. The highest BCUT2D eigenvalue weighted by Crippen LogP contribution is 2.29. The first-order chi connectivity index (χ1) is 11.1. The van der Waals surface area contributed by atoms with Gasteiger partial charge in [-0.25, -0.2) is 4.98 Å². The summed E-state index contributed by atoms with van der Waals surface area (Å²) in [5, 5.41) is 1.60. The Balaban J connectivity index is 1.94. The average Bonchev–Trinajstić information content (AvgIpc) is 3.07. The molecule has 1 aliphatic rings. The molecule has 1 aromatic carbocycles. The summed E-state index contributed by atoms with van der Waals surface area (Å²) in [6.45, 7) is 4.53. The van der Waals surface area contributed by atoms with Gasteiger partial charge in [0.15, 0.2) is 0 Å². The standard InChI is InChI=1S/C19H23ClN2O/c1-3-17(23)22(16-9-4-5-10-16)12-15-11-14-8-6-7-13(2)18(14)21-19(15)20/h6-8,11,16H,3-5,9-10,12H2,1-2H3. The zero-order chi connectivity index (χ0) is 16.4. The predicted octanol–water partition coefficient (Wildman–Crippen LogP) is 4.88. The molecule has 1 saturated carbocycles. The normalized spacial score (nSPS) is 15.3. The number of aromatic nitrogens is 1. The van der Waals surface area contributed by atoms with Gasteiger partial charge in [-0.05, 0) is 31.4 Å². The van der Waals surface area contributed by atoms with Crippen LogP contribution in [0.1, 0.15) is 50.2 Å². The van der Waals surface area contributed by atoms with E-state index in [-0.39, 0.29) is 5.91 Å². The molecule has 4 heteroatoms. The molecule has 1 amide bonds. The summed E-state index contributed by atoms with van der Waals surface area (Å²) in [5.41, 5.74) is 3.00. The van der Waals surface area contributed by atoms with Gasteiger partial charge in [0.05, 0.1) is 5.52 Å². The summed E-state index contributed by atoms with van der Waals surface area (Å²) in [6.07, 6.45) is 5.16. The monoisotopic (exact) mass is 330 g/mol. The molecule has 1 fully saturated rings. The van der Waals surface area contributed by atoms with E-state index in [2.05, 4.69) is 17.1 Å². The molecule has 0 N–H and O–H groups in total. The largest absolute Gasteiger partial charge is 0.335 e. The van der Waals surface area contributed by atoms with Gasteiger partial charge < -0.3 is 4.90 Å². The van der Waals surface area contributed by atoms with Crippen molar-refractivity contribution in [3.63, 3.8) is 0 Å². The van der Waals surface area contributed by atoms with Gasteiger partial charge in [0.2, 0.25) is 5.91 Å². The van der Waals surface area contributed by atoms with Crippen molar-refractivity contribution in [2.75, 3.05) is 0 Å². The summed E-state index contributed by atoms with van der Waals surface area (Å²) in [7, 11) is 0. The molecule has 0 aliphatic heterocycles. The number of aryl methyl sites for hydroxylation is 1. The van der Waals surface area contributed by atoms with Crippen LogP contribution in [0.15, 0.2) is 24.3 Å². The van der Waals surface area contributed by atoms with Crippen LogP contribution in [0, 0.1) is 6.92 Å². The third kappa shape index (κ3) is 3.35. The van der Waals surface area contributed by atoms with Crippen molar-refractivity contribution in [1.29, 1.82) is 0 Å².